The molecule has 0 aromatic rings. The van der Waals surface area contributed by atoms with E-state index < -0.39 is 10.0 Å². The van der Waals surface area contributed by atoms with Crippen LogP contribution in [0.25, 0.3) is 0 Å². The topological polar surface area (TPSA) is 55.4 Å². The van der Waals surface area contributed by atoms with Crippen molar-refractivity contribution in [1.29, 1.82) is 0 Å². The first-order valence-corrected chi connectivity index (χ1v) is 4.81. The Hall–Kier alpha value is -0.0400. The molecule has 0 unspecified atom stereocenters. The highest BCUT2D eigenvalue weighted by atomic mass is 32.2. The number of hydrogen-bond acceptors (Lipinski definition) is 4. The summed E-state index contributed by atoms with van der Waals surface area (Å²) in [6, 6.07) is 0. The summed E-state index contributed by atoms with van der Waals surface area (Å²) in [7, 11) is -1.75. The summed E-state index contributed by atoms with van der Waals surface area (Å²) in [6.07, 6.45) is 0. The van der Waals surface area contributed by atoms with Gasteiger partial charge in [0.2, 0.25) is 10.0 Å². The van der Waals surface area contributed by atoms with E-state index in [9.17, 15) is 8.42 Å². The summed E-state index contributed by atoms with van der Waals surface area (Å²) in [5, 5.41) is 0. The Morgan fingerprint density at radius 3 is 2.27 bits per heavy atom. The molecule has 0 spiro atoms. The molecule has 0 atom stereocenters. The van der Waals surface area contributed by atoms with Gasteiger partial charge in [0, 0.05) is 0 Å². The fourth-order valence-corrected chi connectivity index (χ4v) is 0.971. The molecule has 0 bridgehead atoms. The molecule has 0 saturated heterocycles. The maximum atomic E-state index is 10.5. The Morgan fingerprint density at radius 1 is 1.55 bits per heavy atom. The molecular formula is C5H13NO3S2. The molecule has 0 fully saturated rings. The van der Waals surface area contributed by atoms with E-state index in [0.717, 1.165) is 0 Å². The third kappa shape index (κ3) is 9.96. The lowest BCUT2D eigenvalue weighted by molar-refractivity contribution is 0.409. The lowest BCUT2D eigenvalue weighted by atomic mass is 10.9. The fourth-order valence-electron chi connectivity index (χ4n) is 0.249. The van der Waals surface area contributed by atoms with Crippen LogP contribution in [0.5, 0.6) is 0 Å². The average molecular weight is 199 g/mol. The lowest BCUT2D eigenvalue weighted by Crippen LogP contribution is -2.23. The van der Waals surface area contributed by atoms with Crippen molar-refractivity contribution in [2.45, 2.75) is 0 Å². The van der Waals surface area contributed by atoms with Gasteiger partial charge in [0.15, 0.2) is 0 Å². The first-order valence-electron chi connectivity index (χ1n) is 2.80. The highest BCUT2D eigenvalue weighted by molar-refractivity contribution is 7.89. The van der Waals surface area contributed by atoms with Gasteiger partial charge in [0.1, 0.15) is 0 Å². The van der Waals surface area contributed by atoms with Gasteiger partial charge in [-0.05, 0) is 20.0 Å². The monoisotopic (exact) mass is 199 g/mol. The standard InChI is InChI=1S/C3H9NO3S2.C2H4/c1-4-9(5,6)3-2-7-8;1-2/h4,8H,2-3H2,1H3;1-2H2. The third-order valence-corrected chi connectivity index (χ3v) is 2.26. The number of hydrogen-bond donors (Lipinski definition) is 2. The molecule has 0 aliphatic carbocycles. The molecule has 0 aromatic heterocycles. The highest BCUT2D eigenvalue weighted by Crippen LogP contribution is 1.84. The largest absolute Gasteiger partial charge is 0.317 e. The van der Waals surface area contributed by atoms with Crippen LogP contribution in [0.15, 0.2) is 13.2 Å². The van der Waals surface area contributed by atoms with E-state index >= 15 is 0 Å². The van der Waals surface area contributed by atoms with Gasteiger partial charge in [0.05, 0.1) is 12.4 Å². The van der Waals surface area contributed by atoms with E-state index in [0.29, 0.717) is 0 Å². The minimum absolute atomic E-state index is 0.0486. The second kappa shape index (κ2) is 8.06. The molecule has 0 aromatic carbocycles. The van der Waals surface area contributed by atoms with Gasteiger partial charge < -0.3 is 4.18 Å². The van der Waals surface area contributed by atoms with Crippen LogP contribution in [-0.4, -0.2) is 27.8 Å². The summed E-state index contributed by atoms with van der Waals surface area (Å²) < 4.78 is 27.5. The number of sulfonamides is 1. The Bertz CT molecular complexity index is 167. The molecule has 0 radical (unpaired) electrons. The second-order valence-corrected chi connectivity index (χ2v) is 3.66. The van der Waals surface area contributed by atoms with E-state index in [2.05, 4.69) is 35.0 Å². The zero-order valence-corrected chi connectivity index (χ0v) is 8.12. The zero-order valence-electron chi connectivity index (χ0n) is 6.41. The molecule has 68 valence electrons. The minimum atomic E-state index is -3.11. The molecule has 11 heavy (non-hydrogen) atoms. The van der Waals surface area contributed by atoms with Gasteiger partial charge in [0.25, 0.3) is 0 Å². The zero-order chi connectivity index (χ0) is 9.33. The van der Waals surface area contributed by atoms with Gasteiger partial charge in [-0.25, -0.2) is 13.1 Å². The van der Waals surface area contributed by atoms with Crippen LogP contribution in [-0.2, 0) is 14.2 Å². The maximum absolute atomic E-state index is 10.5. The SMILES string of the molecule is C=C.CNS(=O)(=O)CCOS. The van der Waals surface area contributed by atoms with Crippen LogP contribution < -0.4 is 4.72 Å². The van der Waals surface area contributed by atoms with Crippen molar-refractivity contribution in [2.24, 2.45) is 0 Å². The van der Waals surface area contributed by atoms with E-state index in [1.165, 1.54) is 7.05 Å². The lowest BCUT2D eigenvalue weighted by Gasteiger charge is -1.97. The van der Waals surface area contributed by atoms with Crippen molar-refractivity contribution in [3.05, 3.63) is 13.2 Å². The summed E-state index contributed by atoms with van der Waals surface area (Å²) >= 11 is 3.38. The van der Waals surface area contributed by atoms with Crippen LogP contribution >= 0.6 is 12.9 Å². The van der Waals surface area contributed by atoms with E-state index in [1.807, 2.05) is 0 Å². The van der Waals surface area contributed by atoms with Gasteiger partial charge >= 0.3 is 0 Å². The maximum Gasteiger partial charge on any atom is 0.213 e. The van der Waals surface area contributed by atoms with Gasteiger partial charge in [-0.3, -0.25) is 0 Å². The molecular weight excluding hydrogens is 186 g/mol. The molecule has 0 amide bonds. The number of thiol groups is 1. The van der Waals surface area contributed by atoms with E-state index in [1.54, 1.807) is 0 Å². The van der Waals surface area contributed by atoms with Gasteiger partial charge in [-0.1, -0.05) is 0 Å². The molecule has 6 heteroatoms. The Balaban J connectivity index is 0. The molecule has 0 saturated carbocycles. The normalized spacial score (nSPS) is 10.0. The first kappa shape index (κ1) is 13.5. The Labute approximate surface area is 73.3 Å². The molecule has 0 aliphatic rings. The van der Waals surface area contributed by atoms with Crippen molar-refractivity contribution in [2.75, 3.05) is 19.4 Å². The van der Waals surface area contributed by atoms with Gasteiger partial charge in [-0.15, -0.1) is 13.2 Å². The van der Waals surface area contributed by atoms with Crippen LogP contribution in [0.2, 0.25) is 0 Å². The van der Waals surface area contributed by atoms with Crippen molar-refractivity contribution in [3.8, 4) is 0 Å². The van der Waals surface area contributed by atoms with Crippen molar-refractivity contribution < 1.29 is 12.6 Å². The quantitative estimate of drug-likeness (QED) is 0.386. The first-order chi connectivity index (χ1) is 5.12. The van der Waals surface area contributed by atoms with Crippen LogP contribution in [0, 0.1) is 0 Å². The van der Waals surface area contributed by atoms with Crippen molar-refractivity contribution in [3.63, 3.8) is 0 Å². The Morgan fingerprint density at radius 2 is 2.00 bits per heavy atom. The average Bonchev–Trinajstić information content (AvgIpc) is 2.05. The summed E-state index contributed by atoms with van der Waals surface area (Å²) in [5.41, 5.74) is 0. The predicted octanol–water partition coefficient (Wildman–Crippen LogP) is 0.199. The molecule has 0 rings (SSSR count). The summed E-state index contributed by atoms with van der Waals surface area (Å²) in [4.78, 5) is 0. The van der Waals surface area contributed by atoms with E-state index in [4.69, 9.17) is 0 Å². The number of rotatable bonds is 4. The van der Waals surface area contributed by atoms with Crippen LogP contribution in [0.1, 0.15) is 0 Å². The second-order valence-electron chi connectivity index (χ2n) is 1.36. The highest BCUT2D eigenvalue weighted by Gasteiger charge is 2.04. The Kier molecular flexibility index (Phi) is 9.92. The molecule has 0 heterocycles. The smallest absolute Gasteiger partial charge is 0.213 e. The number of nitrogens with one attached hydrogen (secondary N) is 1. The van der Waals surface area contributed by atoms with Crippen molar-refractivity contribution in [1.82, 2.24) is 4.72 Å². The van der Waals surface area contributed by atoms with Crippen LogP contribution in [0.3, 0.4) is 0 Å². The summed E-state index contributed by atoms with van der Waals surface area (Å²) in [5.74, 6) is -0.0486. The molecule has 0 aliphatic heterocycles. The third-order valence-electron chi connectivity index (χ3n) is 0.754. The van der Waals surface area contributed by atoms with E-state index in [-0.39, 0.29) is 12.4 Å². The summed E-state index contributed by atoms with van der Waals surface area (Å²) in [6.45, 7) is 6.10. The minimum Gasteiger partial charge on any atom is -0.317 e. The fraction of sp³-hybridized carbons (Fsp3) is 0.600. The van der Waals surface area contributed by atoms with Crippen LogP contribution in [0.4, 0.5) is 0 Å². The molecule has 1 N–H and O–H groups in total. The molecule has 4 nitrogen and oxygen atoms in total. The van der Waals surface area contributed by atoms with Gasteiger partial charge in [-0.2, -0.15) is 0 Å². The van der Waals surface area contributed by atoms with Crippen molar-refractivity contribution >= 4 is 22.9 Å². The predicted molar refractivity (Wildman–Crippen MR) is 49.0 cm³/mol.